The molecule has 6 nitrogen and oxygen atoms in total. The number of thioether (sulfide) groups is 1. The second-order valence-corrected chi connectivity index (χ2v) is 7.46. The van der Waals surface area contributed by atoms with Gasteiger partial charge in [0.25, 0.3) is 11.1 Å². The van der Waals surface area contributed by atoms with Crippen molar-refractivity contribution in [2.45, 2.75) is 26.5 Å². The lowest BCUT2D eigenvalue weighted by atomic mass is 10.2. The molecule has 0 N–H and O–H groups in total. The maximum atomic E-state index is 13.2. The predicted molar refractivity (Wildman–Crippen MR) is 111 cm³/mol. The number of ether oxygens (including phenoxy) is 2. The fraction of sp³-hybridized carbons (Fsp3) is 0.227. The molecule has 0 aliphatic carbocycles. The molecule has 0 radical (unpaired) electrons. The Morgan fingerprint density at radius 2 is 1.93 bits per heavy atom. The first-order valence-electron chi connectivity index (χ1n) is 9.30. The Morgan fingerprint density at radius 1 is 1.20 bits per heavy atom. The molecular weight excluding hydrogens is 409 g/mol. The third-order valence-corrected chi connectivity index (χ3v) is 5.19. The average molecular weight is 429 g/mol. The molecule has 2 aromatic carbocycles. The highest BCUT2D eigenvalue weighted by Gasteiger charge is 2.41. The Kier molecular flexibility index (Phi) is 6.89. The van der Waals surface area contributed by atoms with Gasteiger partial charge >= 0.3 is 5.97 Å². The van der Waals surface area contributed by atoms with Crippen LogP contribution in [0.2, 0.25) is 0 Å². The van der Waals surface area contributed by atoms with E-state index in [1.54, 1.807) is 49.4 Å². The Hall–Kier alpha value is -3.13. The molecule has 0 bridgehead atoms. The highest BCUT2D eigenvalue weighted by atomic mass is 32.2. The molecule has 2 aromatic rings. The summed E-state index contributed by atoms with van der Waals surface area (Å²) in [7, 11) is 0. The maximum Gasteiger partial charge on any atom is 0.329 e. The number of carbonyl (C=O) groups excluding carboxylic acids is 3. The van der Waals surface area contributed by atoms with Crippen LogP contribution in [0.5, 0.6) is 5.75 Å². The van der Waals surface area contributed by atoms with E-state index in [0.29, 0.717) is 16.9 Å². The molecule has 0 saturated carbocycles. The topological polar surface area (TPSA) is 72.9 Å². The summed E-state index contributed by atoms with van der Waals surface area (Å²) in [5, 5.41) is -0.512. The van der Waals surface area contributed by atoms with Gasteiger partial charge in [0.1, 0.15) is 24.2 Å². The Labute approximate surface area is 177 Å². The van der Waals surface area contributed by atoms with E-state index in [0.717, 1.165) is 16.7 Å². The summed E-state index contributed by atoms with van der Waals surface area (Å²) in [5.41, 5.74) is 1.41. The van der Waals surface area contributed by atoms with E-state index in [2.05, 4.69) is 0 Å². The van der Waals surface area contributed by atoms with Gasteiger partial charge < -0.3 is 9.47 Å². The zero-order valence-corrected chi connectivity index (χ0v) is 17.3. The van der Waals surface area contributed by atoms with Crippen LogP contribution < -0.4 is 4.74 Å². The van der Waals surface area contributed by atoms with Gasteiger partial charge in [-0.3, -0.25) is 14.5 Å². The van der Waals surface area contributed by atoms with Crippen molar-refractivity contribution in [3.63, 3.8) is 0 Å². The van der Waals surface area contributed by atoms with Crippen molar-refractivity contribution in [3.8, 4) is 5.75 Å². The van der Waals surface area contributed by atoms with Gasteiger partial charge in [0.2, 0.25) is 0 Å². The van der Waals surface area contributed by atoms with Crippen molar-refractivity contribution in [3.05, 3.63) is 70.4 Å². The van der Waals surface area contributed by atoms with Crippen LogP contribution in [0.1, 0.15) is 25.0 Å². The molecular formula is C22H20FNO5S. The van der Waals surface area contributed by atoms with Crippen LogP contribution in [0.4, 0.5) is 9.18 Å². The average Bonchev–Trinajstić information content (AvgIpc) is 3.00. The van der Waals surface area contributed by atoms with E-state index < -0.39 is 23.2 Å². The number of nitrogens with zero attached hydrogens (tertiary/aromatic N) is 1. The lowest BCUT2D eigenvalue weighted by molar-refractivity contribution is -0.150. The number of rotatable bonds is 7. The maximum absolute atomic E-state index is 13.2. The van der Waals surface area contributed by atoms with Crippen LogP contribution in [0.25, 0.3) is 6.08 Å². The number of benzene rings is 2. The van der Waals surface area contributed by atoms with Gasteiger partial charge in [-0.2, -0.15) is 0 Å². The van der Waals surface area contributed by atoms with E-state index in [4.69, 9.17) is 9.47 Å². The number of hydrogen-bond donors (Lipinski definition) is 0. The molecule has 30 heavy (non-hydrogen) atoms. The summed E-state index contributed by atoms with van der Waals surface area (Å²) in [6, 6.07) is 12.1. The number of halogens is 1. The summed E-state index contributed by atoms with van der Waals surface area (Å²) in [6.07, 6.45) is 1.58. The molecule has 0 unspecified atom stereocenters. The number of carbonyl (C=O) groups is 3. The minimum atomic E-state index is -0.984. The minimum Gasteiger partial charge on any atom is -0.489 e. The summed E-state index contributed by atoms with van der Waals surface area (Å²) < 4.78 is 23.7. The number of esters is 1. The van der Waals surface area contributed by atoms with Crippen molar-refractivity contribution in [1.29, 1.82) is 0 Å². The molecule has 1 aliphatic rings. The lowest BCUT2D eigenvalue weighted by Crippen LogP contribution is -2.42. The van der Waals surface area contributed by atoms with E-state index >= 15 is 0 Å². The number of hydrogen-bond acceptors (Lipinski definition) is 6. The molecule has 2 amide bonds. The third-order valence-electron chi connectivity index (χ3n) is 4.31. The first-order valence-corrected chi connectivity index (χ1v) is 10.1. The van der Waals surface area contributed by atoms with E-state index in [9.17, 15) is 18.8 Å². The van der Waals surface area contributed by atoms with Crippen LogP contribution in [0.3, 0.4) is 0 Å². The van der Waals surface area contributed by atoms with Gasteiger partial charge in [-0.25, -0.2) is 9.18 Å². The summed E-state index contributed by atoms with van der Waals surface area (Å²) in [5.74, 6) is -0.893. The Morgan fingerprint density at radius 3 is 2.60 bits per heavy atom. The Bertz CT molecular complexity index is 989. The van der Waals surface area contributed by atoms with E-state index in [1.807, 2.05) is 0 Å². The summed E-state index contributed by atoms with van der Waals surface area (Å²) in [4.78, 5) is 37.8. The SMILES string of the molecule is CCOC(=O)[C@@H](C)N1C(=O)S/C(=C/c2ccc(OCc3cccc(F)c3)cc2)C1=O. The van der Waals surface area contributed by atoms with Crippen LogP contribution in [-0.2, 0) is 20.9 Å². The van der Waals surface area contributed by atoms with Crippen molar-refractivity contribution in [2.24, 2.45) is 0 Å². The molecule has 3 rings (SSSR count). The van der Waals surface area contributed by atoms with Crippen molar-refractivity contribution < 1.29 is 28.2 Å². The van der Waals surface area contributed by atoms with Crippen molar-refractivity contribution in [1.82, 2.24) is 4.90 Å². The van der Waals surface area contributed by atoms with Crippen LogP contribution >= 0.6 is 11.8 Å². The molecule has 156 valence electrons. The zero-order chi connectivity index (χ0) is 21.7. The van der Waals surface area contributed by atoms with Crippen LogP contribution in [-0.4, -0.2) is 34.7 Å². The first-order chi connectivity index (χ1) is 14.4. The van der Waals surface area contributed by atoms with Gasteiger partial charge in [-0.05, 0) is 67.1 Å². The largest absolute Gasteiger partial charge is 0.489 e. The van der Waals surface area contributed by atoms with Gasteiger partial charge in [-0.1, -0.05) is 24.3 Å². The molecule has 0 spiro atoms. The summed E-state index contributed by atoms with van der Waals surface area (Å²) in [6.45, 7) is 3.51. The molecule has 1 saturated heterocycles. The van der Waals surface area contributed by atoms with Crippen molar-refractivity contribution in [2.75, 3.05) is 6.61 Å². The highest BCUT2D eigenvalue weighted by molar-refractivity contribution is 8.18. The first kappa shape index (κ1) is 21.6. The second-order valence-electron chi connectivity index (χ2n) is 6.47. The van der Waals surface area contributed by atoms with Gasteiger partial charge in [0.05, 0.1) is 11.5 Å². The fourth-order valence-corrected chi connectivity index (χ4v) is 3.70. The van der Waals surface area contributed by atoms with E-state index in [1.165, 1.54) is 19.1 Å². The number of amides is 2. The smallest absolute Gasteiger partial charge is 0.329 e. The normalized spacial score (nSPS) is 16.1. The molecule has 1 fully saturated rings. The summed E-state index contributed by atoms with van der Waals surface area (Å²) >= 11 is 0.778. The Balaban J connectivity index is 1.66. The van der Waals surface area contributed by atoms with Crippen molar-refractivity contribution >= 4 is 35.0 Å². The lowest BCUT2D eigenvalue weighted by Gasteiger charge is -2.19. The molecule has 8 heteroatoms. The standard InChI is InChI=1S/C22H20FNO5S/c1-3-28-21(26)14(2)24-20(25)19(30-22(24)27)12-15-7-9-18(10-8-15)29-13-16-5-4-6-17(23)11-16/h4-12,14H,3,13H2,1-2H3/b19-12+/t14-/m1/s1. The zero-order valence-electron chi connectivity index (χ0n) is 16.5. The predicted octanol–water partition coefficient (Wildman–Crippen LogP) is 4.39. The minimum absolute atomic E-state index is 0.170. The highest BCUT2D eigenvalue weighted by Crippen LogP contribution is 2.34. The van der Waals surface area contributed by atoms with Crippen LogP contribution in [0, 0.1) is 5.82 Å². The van der Waals surface area contributed by atoms with Gasteiger partial charge in [0, 0.05) is 0 Å². The molecule has 1 heterocycles. The van der Waals surface area contributed by atoms with Crippen LogP contribution in [0.15, 0.2) is 53.4 Å². The fourth-order valence-electron chi connectivity index (χ4n) is 2.79. The molecule has 1 aliphatic heterocycles. The quantitative estimate of drug-likeness (QED) is 0.480. The monoisotopic (exact) mass is 429 g/mol. The molecule has 1 atom stereocenters. The van der Waals surface area contributed by atoms with Gasteiger partial charge in [-0.15, -0.1) is 0 Å². The van der Waals surface area contributed by atoms with Gasteiger partial charge in [0.15, 0.2) is 0 Å². The third kappa shape index (κ3) is 5.07. The number of imide groups is 1. The van der Waals surface area contributed by atoms with E-state index in [-0.39, 0.29) is 23.9 Å². The second kappa shape index (κ2) is 9.58. The molecule has 0 aromatic heterocycles.